The SMILES string of the molecule is COC/C=C/[C@H]1CC[C@H](CCc2ccc(Cl)cc2)CC1. The molecular weight excluding hydrogens is 268 g/mol. The average Bonchev–Trinajstić information content (AvgIpc) is 2.48. The first-order valence-corrected chi connectivity index (χ1v) is 8.05. The molecule has 2 heteroatoms. The maximum absolute atomic E-state index is 5.91. The van der Waals surface area contributed by atoms with Crippen molar-refractivity contribution in [1.29, 1.82) is 0 Å². The molecule has 0 heterocycles. The Morgan fingerprint density at radius 1 is 1.15 bits per heavy atom. The molecule has 1 aromatic carbocycles. The van der Waals surface area contributed by atoms with Crippen molar-refractivity contribution in [3.8, 4) is 0 Å². The summed E-state index contributed by atoms with van der Waals surface area (Å²) in [5, 5.41) is 0.831. The lowest BCUT2D eigenvalue weighted by atomic mass is 9.79. The summed E-state index contributed by atoms with van der Waals surface area (Å²) in [5.41, 5.74) is 1.41. The summed E-state index contributed by atoms with van der Waals surface area (Å²) in [7, 11) is 1.75. The second-order valence-electron chi connectivity index (χ2n) is 5.83. The highest BCUT2D eigenvalue weighted by atomic mass is 35.5. The fourth-order valence-electron chi connectivity index (χ4n) is 3.04. The molecule has 1 fully saturated rings. The minimum absolute atomic E-state index is 0.747. The van der Waals surface area contributed by atoms with E-state index in [0.717, 1.165) is 23.5 Å². The third kappa shape index (κ3) is 5.30. The van der Waals surface area contributed by atoms with Gasteiger partial charge in [-0.05, 0) is 68.1 Å². The van der Waals surface area contributed by atoms with Crippen molar-refractivity contribution in [3.05, 3.63) is 47.0 Å². The number of ether oxygens (including phenoxy) is 1. The Bertz CT molecular complexity index is 402. The van der Waals surface area contributed by atoms with E-state index in [9.17, 15) is 0 Å². The van der Waals surface area contributed by atoms with Gasteiger partial charge in [-0.2, -0.15) is 0 Å². The summed E-state index contributed by atoms with van der Waals surface area (Å²) >= 11 is 5.91. The van der Waals surface area contributed by atoms with Gasteiger partial charge in [-0.3, -0.25) is 0 Å². The molecule has 0 atom stereocenters. The van der Waals surface area contributed by atoms with Gasteiger partial charge in [-0.1, -0.05) is 35.9 Å². The number of aryl methyl sites for hydroxylation is 1. The molecule has 1 nitrogen and oxygen atoms in total. The van der Waals surface area contributed by atoms with Gasteiger partial charge in [0, 0.05) is 12.1 Å². The quantitative estimate of drug-likeness (QED) is 0.648. The van der Waals surface area contributed by atoms with Crippen LogP contribution >= 0.6 is 11.6 Å². The normalized spacial score (nSPS) is 23.3. The van der Waals surface area contributed by atoms with Crippen LogP contribution < -0.4 is 0 Å². The van der Waals surface area contributed by atoms with Gasteiger partial charge in [0.15, 0.2) is 0 Å². The van der Waals surface area contributed by atoms with E-state index in [1.165, 1.54) is 44.1 Å². The van der Waals surface area contributed by atoms with E-state index < -0.39 is 0 Å². The second-order valence-corrected chi connectivity index (χ2v) is 6.27. The lowest BCUT2D eigenvalue weighted by molar-refractivity contribution is 0.232. The number of rotatable bonds is 6. The monoisotopic (exact) mass is 292 g/mol. The van der Waals surface area contributed by atoms with E-state index in [1.54, 1.807) is 7.11 Å². The summed E-state index contributed by atoms with van der Waals surface area (Å²) in [6.45, 7) is 0.747. The van der Waals surface area contributed by atoms with Crippen LogP contribution in [0.3, 0.4) is 0 Å². The number of hydrogen-bond acceptors (Lipinski definition) is 1. The lowest BCUT2D eigenvalue weighted by Gasteiger charge is -2.26. The summed E-state index contributed by atoms with van der Waals surface area (Å²) in [6.07, 6.45) is 12.4. The van der Waals surface area contributed by atoms with Crippen LogP contribution in [0.15, 0.2) is 36.4 Å². The zero-order valence-electron chi connectivity index (χ0n) is 12.4. The summed E-state index contributed by atoms with van der Waals surface area (Å²) in [5.74, 6) is 1.68. The Morgan fingerprint density at radius 2 is 1.85 bits per heavy atom. The average molecular weight is 293 g/mol. The second kappa shape index (κ2) is 8.49. The van der Waals surface area contributed by atoms with Crippen LogP contribution in [0, 0.1) is 11.8 Å². The molecule has 0 amide bonds. The molecule has 0 spiro atoms. The van der Waals surface area contributed by atoms with Crippen LogP contribution in [0.1, 0.15) is 37.7 Å². The van der Waals surface area contributed by atoms with Crippen molar-refractivity contribution in [2.45, 2.75) is 38.5 Å². The number of allylic oxidation sites excluding steroid dienone is 1. The van der Waals surface area contributed by atoms with Crippen molar-refractivity contribution >= 4 is 11.6 Å². The molecule has 1 aliphatic rings. The first-order valence-electron chi connectivity index (χ1n) is 7.68. The number of benzene rings is 1. The van der Waals surface area contributed by atoms with Gasteiger partial charge < -0.3 is 4.74 Å². The maximum atomic E-state index is 5.91. The zero-order chi connectivity index (χ0) is 14.2. The predicted molar refractivity (Wildman–Crippen MR) is 86.2 cm³/mol. The van der Waals surface area contributed by atoms with Gasteiger partial charge in [0.05, 0.1) is 6.61 Å². The van der Waals surface area contributed by atoms with Gasteiger partial charge in [0.25, 0.3) is 0 Å². The Kier molecular flexibility index (Phi) is 6.62. The topological polar surface area (TPSA) is 9.23 Å². The minimum atomic E-state index is 0.747. The van der Waals surface area contributed by atoms with Crippen LogP contribution in [0.4, 0.5) is 0 Å². The van der Waals surface area contributed by atoms with Gasteiger partial charge in [-0.15, -0.1) is 0 Å². The molecule has 110 valence electrons. The Hall–Kier alpha value is -0.790. The van der Waals surface area contributed by atoms with E-state index in [1.807, 2.05) is 12.1 Å². The standard InChI is InChI=1S/C18H25ClO/c1-20-14-2-3-15-4-6-16(7-5-15)8-9-17-10-12-18(19)13-11-17/h2-3,10-13,15-16H,4-9,14H2,1H3/b3-2+/t15-,16-. The number of halogens is 1. The first kappa shape index (κ1) is 15.6. The van der Waals surface area contributed by atoms with Gasteiger partial charge in [0.2, 0.25) is 0 Å². The van der Waals surface area contributed by atoms with Crippen LogP contribution in [0.5, 0.6) is 0 Å². The molecule has 0 saturated heterocycles. The summed E-state index contributed by atoms with van der Waals surface area (Å²) < 4.78 is 5.05. The third-order valence-corrected chi connectivity index (χ3v) is 4.57. The Labute approximate surface area is 128 Å². The fourth-order valence-corrected chi connectivity index (χ4v) is 3.16. The lowest BCUT2D eigenvalue weighted by Crippen LogP contribution is -2.13. The van der Waals surface area contributed by atoms with E-state index >= 15 is 0 Å². The van der Waals surface area contributed by atoms with Crippen LogP contribution in [0.25, 0.3) is 0 Å². The maximum Gasteiger partial charge on any atom is 0.0643 e. The largest absolute Gasteiger partial charge is 0.381 e. The van der Waals surface area contributed by atoms with Crippen LogP contribution in [0.2, 0.25) is 5.02 Å². The van der Waals surface area contributed by atoms with Crippen molar-refractivity contribution in [2.24, 2.45) is 11.8 Å². The van der Waals surface area contributed by atoms with Crippen molar-refractivity contribution in [2.75, 3.05) is 13.7 Å². The fraction of sp³-hybridized carbons (Fsp3) is 0.556. The smallest absolute Gasteiger partial charge is 0.0643 e. The Balaban J connectivity index is 1.68. The number of methoxy groups -OCH3 is 1. The molecule has 1 aliphatic carbocycles. The highest BCUT2D eigenvalue weighted by molar-refractivity contribution is 6.30. The molecule has 0 N–H and O–H groups in total. The van der Waals surface area contributed by atoms with Crippen molar-refractivity contribution < 1.29 is 4.74 Å². The molecule has 0 bridgehead atoms. The predicted octanol–water partition coefficient (Wildman–Crippen LogP) is 5.28. The highest BCUT2D eigenvalue weighted by Crippen LogP contribution is 2.32. The summed E-state index contributed by atoms with van der Waals surface area (Å²) in [4.78, 5) is 0. The highest BCUT2D eigenvalue weighted by Gasteiger charge is 2.19. The van der Waals surface area contributed by atoms with Gasteiger partial charge in [0.1, 0.15) is 0 Å². The van der Waals surface area contributed by atoms with Crippen LogP contribution in [-0.2, 0) is 11.2 Å². The first-order chi connectivity index (χ1) is 9.78. The molecule has 0 unspecified atom stereocenters. The molecule has 1 aromatic rings. The van der Waals surface area contributed by atoms with Crippen molar-refractivity contribution in [1.82, 2.24) is 0 Å². The van der Waals surface area contributed by atoms with E-state index in [-0.39, 0.29) is 0 Å². The van der Waals surface area contributed by atoms with E-state index in [0.29, 0.717) is 0 Å². The number of hydrogen-bond donors (Lipinski definition) is 0. The molecule has 2 rings (SSSR count). The van der Waals surface area contributed by atoms with Crippen LogP contribution in [-0.4, -0.2) is 13.7 Å². The summed E-state index contributed by atoms with van der Waals surface area (Å²) in [6, 6.07) is 8.30. The Morgan fingerprint density at radius 3 is 2.50 bits per heavy atom. The van der Waals surface area contributed by atoms with Gasteiger partial charge >= 0.3 is 0 Å². The molecule has 1 saturated carbocycles. The molecule has 20 heavy (non-hydrogen) atoms. The molecule has 0 radical (unpaired) electrons. The molecule has 0 aromatic heterocycles. The van der Waals surface area contributed by atoms with E-state index in [2.05, 4.69) is 24.3 Å². The van der Waals surface area contributed by atoms with Crippen molar-refractivity contribution in [3.63, 3.8) is 0 Å². The molecule has 0 aliphatic heterocycles. The third-order valence-electron chi connectivity index (χ3n) is 4.32. The minimum Gasteiger partial charge on any atom is -0.381 e. The molecular formula is C18H25ClO. The van der Waals surface area contributed by atoms with Gasteiger partial charge in [-0.25, -0.2) is 0 Å². The zero-order valence-corrected chi connectivity index (χ0v) is 13.1. The van der Waals surface area contributed by atoms with E-state index in [4.69, 9.17) is 16.3 Å².